The van der Waals surface area contributed by atoms with Gasteiger partial charge in [-0.15, -0.1) is 0 Å². The lowest BCUT2D eigenvalue weighted by atomic mass is 10.2. The van der Waals surface area contributed by atoms with Crippen LogP contribution < -0.4 is 19.7 Å². The Morgan fingerprint density at radius 1 is 1.00 bits per heavy atom. The molecule has 1 atom stereocenters. The van der Waals surface area contributed by atoms with Gasteiger partial charge in [0, 0.05) is 37.4 Å². The van der Waals surface area contributed by atoms with Gasteiger partial charge in [0.15, 0.2) is 11.5 Å². The monoisotopic (exact) mass is 545 g/mol. The van der Waals surface area contributed by atoms with Crippen LogP contribution in [0.15, 0.2) is 71.6 Å². The molecular weight excluding hydrogens is 521 g/mol. The van der Waals surface area contributed by atoms with Crippen molar-refractivity contribution in [2.24, 2.45) is 0 Å². The minimum absolute atomic E-state index is 0.0399. The highest BCUT2D eigenvalue weighted by molar-refractivity contribution is 7.89. The summed E-state index contributed by atoms with van der Waals surface area (Å²) in [6.45, 7) is 1.80. The van der Waals surface area contributed by atoms with Crippen molar-refractivity contribution >= 4 is 33.2 Å². The Balaban J connectivity index is 1.23. The molecule has 0 aliphatic carbocycles. The van der Waals surface area contributed by atoms with E-state index in [9.17, 15) is 17.6 Å². The van der Waals surface area contributed by atoms with E-state index in [2.05, 4.69) is 5.32 Å². The molecule has 1 amide bonds. The number of nitrogens with zero attached hydrogens (tertiary/aromatic N) is 2. The molecule has 0 spiro atoms. The number of piperazine rings is 1. The van der Waals surface area contributed by atoms with Gasteiger partial charge in [0.05, 0.1) is 11.6 Å². The van der Waals surface area contributed by atoms with Crippen molar-refractivity contribution in [3.63, 3.8) is 0 Å². The van der Waals surface area contributed by atoms with Crippen molar-refractivity contribution in [2.45, 2.75) is 11.0 Å². The van der Waals surface area contributed by atoms with Gasteiger partial charge in [-0.1, -0.05) is 23.7 Å². The molecule has 3 aromatic rings. The van der Waals surface area contributed by atoms with E-state index in [4.69, 9.17) is 21.1 Å². The van der Waals surface area contributed by atoms with Crippen LogP contribution in [-0.4, -0.2) is 64.1 Å². The fourth-order valence-electron chi connectivity index (χ4n) is 4.29. The van der Waals surface area contributed by atoms with Gasteiger partial charge in [0.25, 0.3) is 5.91 Å². The highest BCUT2D eigenvalue weighted by atomic mass is 35.5. The first-order valence-electron chi connectivity index (χ1n) is 11.8. The van der Waals surface area contributed by atoms with Crippen molar-refractivity contribution < 1.29 is 27.1 Å². The van der Waals surface area contributed by atoms with Crippen LogP contribution in [0.5, 0.6) is 11.5 Å². The zero-order valence-electron chi connectivity index (χ0n) is 19.8. The van der Waals surface area contributed by atoms with Crippen LogP contribution in [0.25, 0.3) is 0 Å². The van der Waals surface area contributed by atoms with Crippen LogP contribution in [0, 0.1) is 5.82 Å². The Labute approximate surface area is 219 Å². The predicted octanol–water partition coefficient (Wildman–Crippen LogP) is 3.56. The third kappa shape index (κ3) is 5.51. The molecule has 0 radical (unpaired) electrons. The summed E-state index contributed by atoms with van der Waals surface area (Å²) in [5, 5.41) is 2.82. The first-order chi connectivity index (χ1) is 17.8. The highest BCUT2D eigenvalue weighted by Gasteiger charge is 2.31. The molecule has 0 bridgehead atoms. The number of ether oxygens (including phenoxy) is 2. The zero-order valence-corrected chi connectivity index (χ0v) is 21.3. The van der Waals surface area contributed by atoms with E-state index in [1.165, 1.54) is 34.6 Å². The average Bonchev–Trinajstić information content (AvgIpc) is 2.92. The number of halogens is 2. The van der Waals surface area contributed by atoms with Gasteiger partial charge in [0.1, 0.15) is 23.4 Å². The lowest BCUT2D eigenvalue weighted by Crippen LogP contribution is -2.48. The van der Waals surface area contributed by atoms with E-state index in [1.807, 2.05) is 23.1 Å². The third-order valence-corrected chi connectivity index (χ3v) is 8.68. The third-order valence-electron chi connectivity index (χ3n) is 6.30. The molecule has 5 rings (SSSR count). The molecule has 37 heavy (non-hydrogen) atoms. The number of nitrogens with one attached hydrogen (secondary N) is 1. The molecule has 2 aliphatic heterocycles. The normalized spacial score (nSPS) is 17.9. The van der Waals surface area contributed by atoms with Gasteiger partial charge in [-0.25, -0.2) is 12.8 Å². The number of anilines is 1. The molecule has 1 saturated heterocycles. The Hall–Kier alpha value is -3.34. The minimum Gasteiger partial charge on any atom is -0.486 e. The highest BCUT2D eigenvalue weighted by Crippen LogP contribution is 2.31. The largest absolute Gasteiger partial charge is 0.486 e. The summed E-state index contributed by atoms with van der Waals surface area (Å²) in [5.41, 5.74) is 0.996. The summed E-state index contributed by atoms with van der Waals surface area (Å²) in [6.07, 6.45) is -0.383. The second kappa shape index (κ2) is 10.6. The Morgan fingerprint density at radius 2 is 1.70 bits per heavy atom. The number of hydrogen-bond donors (Lipinski definition) is 1. The Morgan fingerprint density at radius 3 is 2.43 bits per heavy atom. The number of para-hydroxylation sites is 2. The summed E-state index contributed by atoms with van der Waals surface area (Å²) in [4.78, 5) is 14.7. The summed E-state index contributed by atoms with van der Waals surface area (Å²) in [7, 11) is -3.94. The van der Waals surface area contributed by atoms with Gasteiger partial charge in [-0.05, 0) is 54.6 Å². The minimum atomic E-state index is -3.94. The second-order valence-electron chi connectivity index (χ2n) is 8.72. The SMILES string of the molecule is O=C(NCC1COc2ccccc2O1)c1ccc(Cl)c(S(=O)(=O)N2CCN(c3ccc(F)cc3)CC2)c1. The number of carbonyl (C=O) groups is 1. The van der Waals surface area contributed by atoms with Crippen molar-refractivity contribution in [3.05, 3.63) is 83.1 Å². The van der Waals surface area contributed by atoms with Crippen LogP contribution in [0.4, 0.5) is 10.1 Å². The van der Waals surface area contributed by atoms with Crippen molar-refractivity contribution in [1.82, 2.24) is 9.62 Å². The quantitative estimate of drug-likeness (QED) is 0.510. The first kappa shape index (κ1) is 25.3. The summed E-state index contributed by atoms with van der Waals surface area (Å²) in [6, 6.07) is 17.6. The molecule has 1 N–H and O–H groups in total. The maximum atomic E-state index is 13.4. The van der Waals surface area contributed by atoms with Gasteiger partial charge in [-0.3, -0.25) is 4.79 Å². The maximum absolute atomic E-state index is 13.4. The van der Waals surface area contributed by atoms with E-state index in [1.54, 1.807) is 18.2 Å². The molecule has 3 aromatic carbocycles. The smallest absolute Gasteiger partial charge is 0.251 e. The van der Waals surface area contributed by atoms with Crippen molar-refractivity contribution in [2.75, 3.05) is 44.2 Å². The lowest BCUT2D eigenvalue weighted by Gasteiger charge is -2.35. The predicted molar refractivity (Wildman–Crippen MR) is 138 cm³/mol. The number of rotatable bonds is 6. The van der Waals surface area contributed by atoms with Crippen LogP contribution in [0.2, 0.25) is 5.02 Å². The number of carbonyl (C=O) groups excluding carboxylic acids is 1. The second-order valence-corrected chi connectivity index (χ2v) is 11.0. The molecule has 8 nitrogen and oxygen atoms in total. The molecule has 1 unspecified atom stereocenters. The number of sulfonamides is 1. The fraction of sp³-hybridized carbons (Fsp3) is 0.269. The fourth-order valence-corrected chi connectivity index (χ4v) is 6.21. The number of fused-ring (bicyclic) bond motifs is 1. The zero-order chi connectivity index (χ0) is 26.0. The standard InChI is InChI=1S/C26H25ClFN3O5S/c27-22-10-5-18(26(32)29-16-21-17-35-23-3-1-2-4-24(23)36-21)15-25(22)37(33,34)31-13-11-30(12-14-31)20-8-6-19(28)7-9-20/h1-10,15,21H,11-14,16-17H2,(H,29,32). The van der Waals surface area contributed by atoms with Gasteiger partial charge >= 0.3 is 0 Å². The van der Waals surface area contributed by atoms with Crippen molar-refractivity contribution in [3.8, 4) is 11.5 Å². The van der Waals surface area contributed by atoms with Gasteiger partial charge < -0.3 is 19.7 Å². The van der Waals surface area contributed by atoms with Crippen LogP contribution in [0.3, 0.4) is 0 Å². The summed E-state index contributed by atoms with van der Waals surface area (Å²) >= 11 is 6.27. The molecule has 1 fully saturated rings. The average molecular weight is 546 g/mol. The number of hydrogen-bond acceptors (Lipinski definition) is 6. The Bertz CT molecular complexity index is 1400. The Kier molecular flexibility index (Phi) is 7.23. The molecule has 0 aromatic heterocycles. The molecule has 2 aliphatic rings. The van der Waals surface area contributed by atoms with Crippen LogP contribution in [-0.2, 0) is 10.0 Å². The van der Waals surface area contributed by atoms with Gasteiger partial charge in [0.2, 0.25) is 10.0 Å². The summed E-state index contributed by atoms with van der Waals surface area (Å²) < 4.78 is 52.9. The number of amides is 1. The molecule has 194 valence electrons. The van der Waals surface area contributed by atoms with Crippen LogP contribution >= 0.6 is 11.6 Å². The lowest BCUT2D eigenvalue weighted by molar-refractivity contribution is 0.0789. The maximum Gasteiger partial charge on any atom is 0.251 e. The summed E-state index contributed by atoms with van der Waals surface area (Å²) in [5.74, 6) is 0.480. The van der Waals surface area contributed by atoms with E-state index < -0.39 is 15.9 Å². The molecular formula is C26H25ClFN3O5S. The molecule has 2 heterocycles. The van der Waals surface area contributed by atoms with E-state index >= 15 is 0 Å². The van der Waals surface area contributed by atoms with Crippen LogP contribution in [0.1, 0.15) is 10.4 Å². The molecule has 11 heteroatoms. The van der Waals surface area contributed by atoms with Crippen molar-refractivity contribution in [1.29, 1.82) is 0 Å². The number of benzene rings is 3. The van der Waals surface area contributed by atoms with E-state index in [-0.39, 0.29) is 53.6 Å². The molecule has 0 saturated carbocycles. The van der Waals surface area contributed by atoms with E-state index in [0.29, 0.717) is 24.6 Å². The van der Waals surface area contributed by atoms with E-state index in [0.717, 1.165) is 5.69 Å². The topological polar surface area (TPSA) is 88.2 Å². The van der Waals surface area contributed by atoms with Gasteiger partial charge in [-0.2, -0.15) is 4.31 Å². The first-order valence-corrected chi connectivity index (χ1v) is 13.6.